The summed E-state index contributed by atoms with van der Waals surface area (Å²) >= 11 is 0. The third kappa shape index (κ3) is 4.89. The van der Waals surface area contributed by atoms with Crippen molar-refractivity contribution in [2.24, 2.45) is 5.92 Å². The van der Waals surface area contributed by atoms with Gasteiger partial charge in [-0.2, -0.15) is 0 Å². The van der Waals surface area contributed by atoms with Gasteiger partial charge in [0.15, 0.2) is 0 Å². The van der Waals surface area contributed by atoms with Crippen LogP contribution in [0.5, 0.6) is 0 Å². The third-order valence-electron chi connectivity index (χ3n) is 4.12. The van der Waals surface area contributed by atoms with Crippen LogP contribution in [0.15, 0.2) is 4.79 Å². The molecule has 1 aromatic rings. The molecule has 0 saturated heterocycles. The van der Waals surface area contributed by atoms with E-state index in [2.05, 4.69) is 0 Å². The quantitative estimate of drug-likeness (QED) is 0.398. The van der Waals surface area contributed by atoms with Gasteiger partial charge in [-0.25, -0.2) is 0 Å². The van der Waals surface area contributed by atoms with Crippen LogP contribution in [0.1, 0.15) is 56.4 Å². The van der Waals surface area contributed by atoms with Gasteiger partial charge in [-0.15, -0.1) is 0 Å². The predicted octanol–water partition coefficient (Wildman–Crippen LogP) is 3.33. The molecule has 0 aromatic carbocycles. The molecule has 5 nitrogen and oxygen atoms in total. The van der Waals surface area contributed by atoms with Gasteiger partial charge in [0.2, 0.25) is 4.74 Å². The number of fused-ring (bicyclic) bond motifs is 1. The van der Waals surface area contributed by atoms with E-state index in [1.165, 1.54) is 20.7 Å². The van der Waals surface area contributed by atoms with E-state index in [0.29, 0.717) is 31.4 Å². The largest absolute Gasteiger partial charge is 0.465 e. The molecule has 0 radical (unpaired) electrons. The Morgan fingerprint density at radius 3 is 2.58 bits per heavy atom. The number of esters is 2. The van der Waals surface area contributed by atoms with Crippen molar-refractivity contribution in [2.75, 3.05) is 6.61 Å². The molecule has 1 aromatic heterocycles. The fourth-order valence-corrected chi connectivity index (χ4v) is 5.06. The van der Waals surface area contributed by atoms with Crippen LogP contribution >= 0.6 is 20.7 Å². The maximum Gasteiger partial charge on any atom is 0.313 e. The molecule has 7 heteroatoms. The van der Waals surface area contributed by atoms with E-state index in [1.807, 2.05) is 13.8 Å². The average molecular weight is 373 g/mol. The van der Waals surface area contributed by atoms with E-state index in [0.717, 1.165) is 30.6 Å². The second kappa shape index (κ2) is 9.32. The van der Waals surface area contributed by atoms with Crippen LogP contribution in [-0.4, -0.2) is 24.6 Å². The molecule has 1 aliphatic carbocycles. The summed E-state index contributed by atoms with van der Waals surface area (Å²) < 4.78 is 10.9. The van der Waals surface area contributed by atoms with Crippen molar-refractivity contribution in [2.45, 2.75) is 64.9 Å². The lowest BCUT2D eigenvalue weighted by molar-refractivity contribution is -0.162. The lowest BCUT2D eigenvalue weighted by atomic mass is 9.86. The highest BCUT2D eigenvalue weighted by atomic mass is 32.9. The van der Waals surface area contributed by atoms with Crippen molar-refractivity contribution in [1.29, 1.82) is 0 Å². The van der Waals surface area contributed by atoms with Crippen molar-refractivity contribution in [3.8, 4) is 0 Å². The molecule has 134 valence electrons. The molecule has 0 fully saturated rings. The van der Waals surface area contributed by atoms with E-state index in [4.69, 9.17) is 9.47 Å². The highest BCUT2D eigenvalue weighted by molar-refractivity contribution is 7.68. The van der Waals surface area contributed by atoms with E-state index in [-0.39, 0.29) is 16.7 Å². The number of carbonyl (C=O) groups is 2. The van der Waals surface area contributed by atoms with Crippen molar-refractivity contribution in [3.63, 3.8) is 0 Å². The van der Waals surface area contributed by atoms with Crippen molar-refractivity contribution in [1.82, 2.24) is 0 Å². The second-order valence-corrected chi connectivity index (χ2v) is 8.22. The van der Waals surface area contributed by atoms with Crippen LogP contribution in [0, 0.1) is 5.92 Å². The van der Waals surface area contributed by atoms with Gasteiger partial charge in [-0.1, -0.05) is 37.0 Å². The van der Waals surface area contributed by atoms with Crippen molar-refractivity contribution in [3.05, 3.63) is 20.0 Å². The van der Waals surface area contributed by atoms with Gasteiger partial charge in [-0.05, 0) is 29.6 Å². The van der Waals surface area contributed by atoms with E-state index >= 15 is 0 Å². The molecule has 0 saturated carbocycles. The van der Waals surface area contributed by atoms with Gasteiger partial charge < -0.3 is 9.47 Å². The molecule has 0 spiro atoms. The van der Waals surface area contributed by atoms with Gasteiger partial charge in [0, 0.05) is 23.3 Å². The minimum Gasteiger partial charge on any atom is -0.465 e. The molecule has 24 heavy (non-hydrogen) atoms. The second-order valence-electron chi connectivity index (χ2n) is 6.02. The molecule has 0 aliphatic heterocycles. The number of hydrogen-bond donors (Lipinski definition) is 0. The molecular formula is C17H24O5S2. The first-order valence-corrected chi connectivity index (χ1v) is 10.7. The zero-order valence-corrected chi connectivity index (χ0v) is 15.8. The van der Waals surface area contributed by atoms with Crippen LogP contribution in [-0.2, 0) is 31.9 Å². The molecule has 2 atom stereocenters. The summed E-state index contributed by atoms with van der Waals surface area (Å²) in [5, 5.41) is 0. The molecule has 0 N–H and O–H groups in total. The summed E-state index contributed by atoms with van der Waals surface area (Å²) in [7, 11) is 2.61. The molecule has 1 aliphatic rings. The van der Waals surface area contributed by atoms with Crippen molar-refractivity contribution >= 4 is 32.6 Å². The smallest absolute Gasteiger partial charge is 0.313 e. The Hall–Kier alpha value is -1.21. The van der Waals surface area contributed by atoms with E-state index < -0.39 is 12.0 Å². The minimum atomic E-state index is -0.575. The number of hydrogen-bond acceptors (Lipinski definition) is 7. The van der Waals surface area contributed by atoms with Gasteiger partial charge in [0.05, 0.1) is 12.5 Å². The maximum atomic E-state index is 12.4. The highest BCUT2D eigenvalue weighted by Crippen LogP contribution is 2.32. The minimum absolute atomic E-state index is 0.0112. The Balaban J connectivity index is 2.09. The monoisotopic (exact) mass is 372 g/mol. The standard InChI is InChI=1S/C17H24O5S2/c1-3-5-7-15(18)22-13-10-14-12(17(20)24-23-14)9-11(13)16(19)21-8-6-4-2/h11,13H,3-10H2,1-2H3. The van der Waals surface area contributed by atoms with Crippen LogP contribution in [0.3, 0.4) is 0 Å². The first-order chi connectivity index (χ1) is 11.6. The number of carbonyl (C=O) groups excluding carboxylic acids is 2. The van der Waals surface area contributed by atoms with Crippen LogP contribution < -0.4 is 4.74 Å². The Morgan fingerprint density at radius 1 is 1.12 bits per heavy atom. The van der Waals surface area contributed by atoms with Crippen LogP contribution in [0.25, 0.3) is 0 Å². The molecular weight excluding hydrogens is 348 g/mol. The number of unbranched alkanes of at least 4 members (excludes halogenated alkanes) is 2. The van der Waals surface area contributed by atoms with Gasteiger partial charge >= 0.3 is 11.9 Å². The van der Waals surface area contributed by atoms with Gasteiger partial charge in [0.25, 0.3) is 0 Å². The van der Waals surface area contributed by atoms with Gasteiger partial charge in [-0.3, -0.25) is 14.4 Å². The average Bonchev–Trinajstić information content (AvgIpc) is 2.92. The van der Waals surface area contributed by atoms with Crippen molar-refractivity contribution < 1.29 is 19.1 Å². The van der Waals surface area contributed by atoms with Crippen LogP contribution in [0.4, 0.5) is 0 Å². The topological polar surface area (TPSA) is 69.7 Å². The fourth-order valence-electron chi connectivity index (χ4n) is 2.67. The summed E-state index contributed by atoms with van der Waals surface area (Å²) in [6.07, 6.45) is 4.01. The first-order valence-electron chi connectivity index (χ1n) is 8.53. The van der Waals surface area contributed by atoms with E-state index in [9.17, 15) is 14.4 Å². The molecule has 1 heterocycles. The molecule has 2 unspecified atom stereocenters. The van der Waals surface area contributed by atoms with Crippen LogP contribution in [0.2, 0.25) is 0 Å². The Bertz CT molecular complexity index is 619. The number of rotatable bonds is 8. The fraction of sp³-hybridized carbons (Fsp3) is 0.706. The zero-order valence-electron chi connectivity index (χ0n) is 14.2. The summed E-state index contributed by atoms with van der Waals surface area (Å²) in [5.41, 5.74) is 0.697. The summed E-state index contributed by atoms with van der Waals surface area (Å²) in [5.74, 6) is -1.22. The molecule has 2 rings (SSSR count). The lowest BCUT2D eigenvalue weighted by Crippen LogP contribution is -2.40. The highest BCUT2D eigenvalue weighted by Gasteiger charge is 2.39. The normalized spacial score (nSPS) is 19.6. The zero-order chi connectivity index (χ0) is 17.5. The summed E-state index contributed by atoms with van der Waals surface area (Å²) in [6, 6.07) is 0. The number of ether oxygens (including phenoxy) is 2. The summed E-state index contributed by atoms with van der Waals surface area (Å²) in [6.45, 7) is 4.40. The Labute approximate surface area is 149 Å². The summed E-state index contributed by atoms with van der Waals surface area (Å²) in [4.78, 5) is 37.3. The molecule has 0 amide bonds. The Kier molecular flexibility index (Phi) is 7.42. The first kappa shape index (κ1) is 19.1. The maximum absolute atomic E-state index is 12.4. The van der Waals surface area contributed by atoms with Gasteiger partial charge in [0.1, 0.15) is 6.10 Å². The molecule has 0 bridgehead atoms. The SMILES string of the molecule is CCCCOC(=O)C1Cc2c(ssc2=O)CC1OC(=O)CCCC. The van der Waals surface area contributed by atoms with E-state index in [1.54, 1.807) is 0 Å². The lowest BCUT2D eigenvalue weighted by Gasteiger charge is -2.29. The Morgan fingerprint density at radius 2 is 1.88 bits per heavy atom. The predicted molar refractivity (Wildman–Crippen MR) is 94.6 cm³/mol. The third-order valence-corrected chi connectivity index (χ3v) is 6.53.